The van der Waals surface area contributed by atoms with Crippen molar-refractivity contribution in [3.05, 3.63) is 107 Å². The first-order valence-corrected chi connectivity index (χ1v) is 11.0. The number of aliphatic hydroxyl groups is 1. The maximum Gasteiger partial charge on any atom is 0.328 e. The molecule has 0 saturated heterocycles. The minimum Gasteiger partial charge on any atom is -0.467 e. The molecule has 0 spiro atoms. The predicted octanol–water partition coefficient (Wildman–Crippen LogP) is 3.07. The van der Waals surface area contributed by atoms with Crippen molar-refractivity contribution in [2.24, 2.45) is 0 Å². The number of carbonyl (C=O) groups excluding carboxylic acids is 3. The highest BCUT2D eigenvalue weighted by molar-refractivity contribution is 6.31. The number of nitrogens with one attached hydrogen (secondary N) is 2. The lowest BCUT2D eigenvalue weighted by Crippen LogP contribution is -2.51. The Balaban J connectivity index is 1.81. The summed E-state index contributed by atoms with van der Waals surface area (Å²) in [7, 11) is 1.21. The molecule has 3 atom stereocenters. The largest absolute Gasteiger partial charge is 0.467 e. The molecular formula is C26H25ClN2O5. The van der Waals surface area contributed by atoms with Gasteiger partial charge in [0.2, 0.25) is 0 Å². The molecule has 3 rings (SSSR count). The molecule has 8 heteroatoms. The summed E-state index contributed by atoms with van der Waals surface area (Å²) < 4.78 is 4.82. The second kappa shape index (κ2) is 12.0. The van der Waals surface area contributed by atoms with Gasteiger partial charge in [-0.25, -0.2) is 4.79 Å². The smallest absolute Gasteiger partial charge is 0.328 e. The van der Waals surface area contributed by atoms with Gasteiger partial charge >= 0.3 is 5.97 Å². The first-order valence-electron chi connectivity index (χ1n) is 10.6. The van der Waals surface area contributed by atoms with Crippen LogP contribution in [0.25, 0.3) is 0 Å². The zero-order valence-electron chi connectivity index (χ0n) is 18.5. The molecule has 0 unspecified atom stereocenters. The van der Waals surface area contributed by atoms with Crippen molar-refractivity contribution < 1.29 is 24.2 Å². The van der Waals surface area contributed by atoms with Gasteiger partial charge in [0.1, 0.15) is 6.04 Å². The van der Waals surface area contributed by atoms with Crippen LogP contribution < -0.4 is 10.6 Å². The highest BCUT2D eigenvalue weighted by atomic mass is 35.5. The number of hydrogen-bond acceptors (Lipinski definition) is 5. The Kier molecular flexibility index (Phi) is 8.79. The van der Waals surface area contributed by atoms with Crippen LogP contribution in [0, 0.1) is 0 Å². The van der Waals surface area contributed by atoms with E-state index in [-0.39, 0.29) is 6.42 Å². The molecule has 2 amide bonds. The van der Waals surface area contributed by atoms with Crippen LogP contribution >= 0.6 is 11.6 Å². The van der Waals surface area contributed by atoms with Gasteiger partial charge < -0.3 is 20.5 Å². The topological polar surface area (TPSA) is 105 Å². The first kappa shape index (κ1) is 25.0. The van der Waals surface area contributed by atoms with Gasteiger partial charge in [-0.05, 0) is 29.3 Å². The minimum atomic E-state index is -1.69. The molecule has 0 bridgehead atoms. The summed E-state index contributed by atoms with van der Waals surface area (Å²) in [4.78, 5) is 38.2. The van der Waals surface area contributed by atoms with Crippen LogP contribution in [0.4, 0.5) is 0 Å². The van der Waals surface area contributed by atoms with Gasteiger partial charge in [0.15, 0.2) is 6.10 Å². The number of halogens is 1. The fraction of sp³-hybridized carbons (Fsp3) is 0.192. The van der Waals surface area contributed by atoms with Gasteiger partial charge in [0.05, 0.1) is 13.2 Å². The van der Waals surface area contributed by atoms with E-state index in [9.17, 15) is 19.5 Å². The van der Waals surface area contributed by atoms with Crippen LogP contribution in [0.5, 0.6) is 0 Å². The second-order valence-corrected chi connectivity index (χ2v) is 7.96. The van der Waals surface area contributed by atoms with Crippen LogP contribution in [0.2, 0.25) is 5.02 Å². The van der Waals surface area contributed by atoms with Gasteiger partial charge in [0.25, 0.3) is 11.8 Å². The molecule has 34 heavy (non-hydrogen) atoms. The Morgan fingerprint density at radius 1 is 0.882 bits per heavy atom. The van der Waals surface area contributed by atoms with Gasteiger partial charge in [-0.1, -0.05) is 78.3 Å². The summed E-state index contributed by atoms with van der Waals surface area (Å²) in [6, 6.07) is 21.8. The van der Waals surface area contributed by atoms with Gasteiger partial charge in [0, 0.05) is 17.0 Å². The van der Waals surface area contributed by atoms with E-state index in [0.717, 1.165) is 0 Å². The van der Waals surface area contributed by atoms with Gasteiger partial charge in [-0.2, -0.15) is 0 Å². The van der Waals surface area contributed by atoms with Crippen molar-refractivity contribution in [2.45, 2.75) is 24.6 Å². The van der Waals surface area contributed by atoms with E-state index in [1.807, 2.05) is 0 Å². The minimum absolute atomic E-state index is 0.0667. The zero-order chi connectivity index (χ0) is 24.5. The highest BCUT2D eigenvalue weighted by Gasteiger charge is 2.32. The van der Waals surface area contributed by atoms with E-state index in [2.05, 4.69) is 10.6 Å². The molecule has 7 nitrogen and oxygen atoms in total. The lowest BCUT2D eigenvalue weighted by molar-refractivity contribution is -0.146. The van der Waals surface area contributed by atoms with Crippen LogP contribution in [0.15, 0.2) is 84.9 Å². The fourth-order valence-corrected chi connectivity index (χ4v) is 3.66. The summed E-state index contributed by atoms with van der Waals surface area (Å²) >= 11 is 6.20. The Labute approximate surface area is 202 Å². The number of amides is 2. The van der Waals surface area contributed by atoms with Crippen LogP contribution in [-0.2, 0) is 20.7 Å². The van der Waals surface area contributed by atoms with Crippen molar-refractivity contribution in [1.29, 1.82) is 0 Å². The molecular weight excluding hydrogens is 456 g/mol. The SMILES string of the molecule is COC(=O)[C@@H](Cc1ccccc1Cl)NC(=O)[C@H](O)[C@@H](NC(=O)c1ccccc1)c1ccccc1. The lowest BCUT2D eigenvalue weighted by atomic mass is 9.99. The highest BCUT2D eigenvalue weighted by Crippen LogP contribution is 2.20. The summed E-state index contributed by atoms with van der Waals surface area (Å²) in [5, 5.41) is 16.6. The third-order valence-corrected chi connectivity index (χ3v) is 5.62. The zero-order valence-corrected chi connectivity index (χ0v) is 19.2. The predicted molar refractivity (Wildman–Crippen MR) is 128 cm³/mol. The summed E-state index contributed by atoms with van der Waals surface area (Å²) in [5.74, 6) is -1.99. The summed E-state index contributed by atoms with van der Waals surface area (Å²) in [6.45, 7) is 0. The van der Waals surface area contributed by atoms with E-state index in [1.165, 1.54) is 7.11 Å². The molecule has 0 radical (unpaired) electrons. The van der Waals surface area contributed by atoms with Crippen LogP contribution in [-0.4, -0.2) is 42.1 Å². The van der Waals surface area contributed by atoms with Crippen molar-refractivity contribution in [3.8, 4) is 0 Å². The average Bonchev–Trinajstić information content (AvgIpc) is 2.88. The van der Waals surface area contributed by atoms with E-state index < -0.39 is 36.0 Å². The maximum atomic E-state index is 13.0. The van der Waals surface area contributed by atoms with Crippen molar-refractivity contribution in [1.82, 2.24) is 10.6 Å². The lowest BCUT2D eigenvalue weighted by Gasteiger charge is -2.26. The van der Waals surface area contributed by atoms with E-state index in [4.69, 9.17) is 16.3 Å². The van der Waals surface area contributed by atoms with E-state index in [0.29, 0.717) is 21.7 Å². The third kappa shape index (κ3) is 6.43. The number of hydrogen-bond donors (Lipinski definition) is 3. The number of ether oxygens (including phenoxy) is 1. The Morgan fingerprint density at radius 2 is 1.47 bits per heavy atom. The monoisotopic (exact) mass is 480 g/mol. The molecule has 0 aromatic heterocycles. The fourth-order valence-electron chi connectivity index (χ4n) is 3.45. The molecule has 0 aliphatic heterocycles. The third-order valence-electron chi connectivity index (χ3n) is 5.25. The molecule has 0 heterocycles. The Bertz CT molecular complexity index is 1120. The first-order chi connectivity index (χ1) is 16.4. The van der Waals surface area contributed by atoms with E-state index >= 15 is 0 Å². The molecule has 0 aliphatic carbocycles. The normalized spacial score (nSPS) is 13.3. The average molecular weight is 481 g/mol. The van der Waals surface area contributed by atoms with Gasteiger partial charge in [-0.15, -0.1) is 0 Å². The number of methoxy groups -OCH3 is 1. The van der Waals surface area contributed by atoms with E-state index in [1.54, 1.807) is 84.9 Å². The molecule has 0 fully saturated rings. The van der Waals surface area contributed by atoms with Crippen molar-refractivity contribution in [3.63, 3.8) is 0 Å². The summed E-state index contributed by atoms with van der Waals surface area (Å²) in [5.41, 5.74) is 1.53. The molecule has 176 valence electrons. The number of rotatable bonds is 9. The molecule has 3 aromatic carbocycles. The molecule has 0 saturated carbocycles. The molecule has 3 N–H and O–H groups in total. The molecule has 3 aromatic rings. The standard InChI is InChI=1S/C26H25ClN2O5/c1-34-26(33)21(16-19-14-8-9-15-20(19)27)28-25(32)23(30)22(17-10-4-2-5-11-17)29-24(31)18-12-6-3-7-13-18/h2-15,21-23,30H,16H2,1H3,(H,28,32)(H,29,31)/t21-,22+,23-/m1/s1. The molecule has 0 aliphatic rings. The number of benzene rings is 3. The van der Waals surface area contributed by atoms with Crippen molar-refractivity contribution in [2.75, 3.05) is 7.11 Å². The number of carbonyl (C=O) groups is 3. The Morgan fingerprint density at radius 3 is 2.09 bits per heavy atom. The summed E-state index contributed by atoms with van der Waals surface area (Å²) in [6.07, 6.45) is -1.62. The van der Waals surface area contributed by atoms with Crippen LogP contribution in [0.3, 0.4) is 0 Å². The number of aliphatic hydroxyl groups excluding tert-OH is 1. The number of esters is 1. The second-order valence-electron chi connectivity index (χ2n) is 7.55. The van der Waals surface area contributed by atoms with Crippen molar-refractivity contribution >= 4 is 29.4 Å². The van der Waals surface area contributed by atoms with Crippen LogP contribution in [0.1, 0.15) is 27.5 Å². The quantitative estimate of drug-likeness (QED) is 0.408. The Hall–Kier alpha value is -3.68. The maximum absolute atomic E-state index is 13.0. The van der Waals surface area contributed by atoms with Gasteiger partial charge in [-0.3, -0.25) is 9.59 Å².